The number of nitro groups is 1. The van der Waals surface area contributed by atoms with Crippen molar-refractivity contribution >= 4 is 45.9 Å². The number of amides is 1. The first-order chi connectivity index (χ1) is 13.0. The Kier molecular flexibility index (Phi) is 5.63. The molecule has 27 heavy (non-hydrogen) atoms. The molecule has 0 aliphatic carbocycles. The molecule has 8 heteroatoms. The number of carbonyl (C=O) groups is 1. The standard InChI is InChI=1S/C19H15ClN4O3/c20-17-9-8-15(24(26)27)10-14(17)11-22-23-19(25)12-21-18-7-3-5-13-4-1-2-6-16(13)18/h1-11,21H,12H2,(H,23,25)/b22-11-. The van der Waals surface area contributed by atoms with Gasteiger partial charge in [-0.1, -0.05) is 48.0 Å². The highest BCUT2D eigenvalue weighted by Crippen LogP contribution is 2.22. The Bertz CT molecular complexity index is 1030. The van der Waals surface area contributed by atoms with Gasteiger partial charge in [0.25, 0.3) is 11.6 Å². The monoisotopic (exact) mass is 382 g/mol. The fourth-order valence-electron chi connectivity index (χ4n) is 2.51. The van der Waals surface area contributed by atoms with Gasteiger partial charge in [-0.3, -0.25) is 14.9 Å². The van der Waals surface area contributed by atoms with E-state index in [1.807, 2.05) is 42.5 Å². The van der Waals surface area contributed by atoms with Crippen molar-refractivity contribution in [2.24, 2.45) is 5.10 Å². The Morgan fingerprint density at radius 2 is 1.93 bits per heavy atom. The first-order valence-electron chi connectivity index (χ1n) is 8.02. The summed E-state index contributed by atoms with van der Waals surface area (Å²) < 4.78 is 0. The number of benzene rings is 3. The van der Waals surface area contributed by atoms with Crippen LogP contribution in [0.5, 0.6) is 0 Å². The average molecular weight is 383 g/mol. The van der Waals surface area contributed by atoms with Gasteiger partial charge in [-0.2, -0.15) is 5.10 Å². The third-order valence-electron chi connectivity index (χ3n) is 3.81. The van der Waals surface area contributed by atoms with E-state index in [9.17, 15) is 14.9 Å². The number of carbonyl (C=O) groups excluding carboxylic acids is 1. The van der Waals surface area contributed by atoms with Gasteiger partial charge in [-0.15, -0.1) is 0 Å². The Hall–Kier alpha value is -3.45. The summed E-state index contributed by atoms with van der Waals surface area (Å²) in [7, 11) is 0. The zero-order chi connectivity index (χ0) is 19.2. The average Bonchev–Trinajstić information content (AvgIpc) is 2.67. The van der Waals surface area contributed by atoms with E-state index in [1.165, 1.54) is 24.4 Å². The van der Waals surface area contributed by atoms with Crippen LogP contribution >= 0.6 is 11.6 Å². The van der Waals surface area contributed by atoms with E-state index in [0.717, 1.165) is 16.5 Å². The molecule has 0 heterocycles. The predicted octanol–water partition coefficient (Wildman–Crippen LogP) is 3.96. The van der Waals surface area contributed by atoms with E-state index < -0.39 is 4.92 Å². The van der Waals surface area contributed by atoms with Crippen LogP contribution in [0.3, 0.4) is 0 Å². The summed E-state index contributed by atoms with van der Waals surface area (Å²) in [6.45, 7) is 0.0218. The Morgan fingerprint density at radius 3 is 2.74 bits per heavy atom. The number of rotatable bonds is 6. The van der Waals surface area contributed by atoms with Gasteiger partial charge < -0.3 is 5.32 Å². The predicted molar refractivity (Wildman–Crippen MR) is 106 cm³/mol. The number of nitrogens with zero attached hydrogens (tertiary/aromatic N) is 2. The summed E-state index contributed by atoms with van der Waals surface area (Å²) in [5.74, 6) is -0.360. The number of anilines is 1. The van der Waals surface area contributed by atoms with Crippen LogP contribution in [-0.2, 0) is 4.79 Å². The molecule has 0 fully saturated rings. The van der Waals surface area contributed by atoms with Gasteiger partial charge in [0.2, 0.25) is 0 Å². The molecule has 1 amide bonds. The summed E-state index contributed by atoms with van der Waals surface area (Å²) in [4.78, 5) is 22.2. The molecule has 0 aliphatic rings. The van der Waals surface area contributed by atoms with E-state index >= 15 is 0 Å². The van der Waals surface area contributed by atoms with Gasteiger partial charge in [-0.05, 0) is 17.5 Å². The fraction of sp³-hybridized carbons (Fsp3) is 0.0526. The van der Waals surface area contributed by atoms with Gasteiger partial charge in [0.1, 0.15) is 0 Å². The first-order valence-corrected chi connectivity index (χ1v) is 8.40. The van der Waals surface area contributed by atoms with Crippen molar-refractivity contribution in [3.05, 3.63) is 81.4 Å². The van der Waals surface area contributed by atoms with Crippen molar-refractivity contribution in [1.29, 1.82) is 0 Å². The fourth-order valence-corrected chi connectivity index (χ4v) is 2.68. The van der Waals surface area contributed by atoms with Crippen molar-refractivity contribution in [2.45, 2.75) is 0 Å². The van der Waals surface area contributed by atoms with Crippen LogP contribution in [-0.4, -0.2) is 23.6 Å². The van der Waals surface area contributed by atoms with Gasteiger partial charge >= 0.3 is 0 Å². The van der Waals surface area contributed by atoms with Gasteiger partial charge in [0.05, 0.1) is 17.7 Å². The molecule has 0 bridgehead atoms. The highest BCUT2D eigenvalue weighted by Gasteiger charge is 2.08. The quantitative estimate of drug-likeness (QED) is 0.383. The lowest BCUT2D eigenvalue weighted by Crippen LogP contribution is -2.25. The lowest BCUT2D eigenvalue weighted by molar-refractivity contribution is -0.384. The molecule has 136 valence electrons. The molecule has 0 unspecified atom stereocenters. The molecule has 0 aliphatic heterocycles. The molecule has 3 rings (SSSR count). The molecule has 7 nitrogen and oxygen atoms in total. The van der Waals surface area contributed by atoms with Crippen molar-refractivity contribution in [2.75, 3.05) is 11.9 Å². The maximum absolute atomic E-state index is 12.0. The molecule has 3 aromatic rings. The molecule has 0 spiro atoms. The number of nitrogens with one attached hydrogen (secondary N) is 2. The maximum Gasteiger partial charge on any atom is 0.270 e. The molecule has 0 atom stereocenters. The number of hydrogen-bond acceptors (Lipinski definition) is 5. The van der Waals surface area contributed by atoms with Gasteiger partial charge in [0, 0.05) is 33.8 Å². The third-order valence-corrected chi connectivity index (χ3v) is 4.16. The van der Waals surface area contributed by atoms with Crippen LogP contribution < -0.4 is 10.7 Å². The lowest BCUT2D eigenvalue weighted by atomic mass is 10.1. The molecular formula is C19H15ClN4O3. The van der Waals surface area contributed by atoms with E-state index in [1.54, 1.807) is 0 Å². The first kappa shape index (κ1) is 18.3. The van der Waals surface area contributed by atoms with Crippen LogP contribution in [0.2, 0.25) is 5.02 Å². The lowest BCUT2D eigenvalue weighted by Gasteiger charge is -2.08. The maximum atomic E-state index is 12.0. The topological polar surface area (TPSA) is 96.6 Å². The Labute approximate surface area is 159 Å². The molecule has 0 saturated heterocycles. The minimum Gasteiger partial charge on any atom is -0.376 e. The summed E-state index contributed by atoms with van der Waals surface area (Å²) >= 11 is 5.97. The number of fused-ring (bicyclic) bond motifs is 1. The molecule has 0 saturated carbocycles. The number of halogens is 1. The van der Waals surface area contributed by atoms with Crippen LogP contribution in [0.25, 0.3) is 10.8 Å². The number of nitro benzene ring substituents is 1. The summed E-state index contributed by atoms with van der Waals surface area (Å²) in [5.41, 5.74) is 3.44. The van der Waals surface area contributed by atoms with E-state index in [-0.39, 0.29) is 18.1 Å². The molecule has 3 aromatic carbocycles. The number of non-ortho nitro benzene ring substituents is 1. The normalized spacial score (nSPS) is 10.9. The zero-order valence-electron chi connectivity index (χ0n) is 14.1. The van der Waals surface area contributed by atoms with E-state index in [4.69, 9.17) is 11.6 Å². The largest absolute Gasteiger partial charge is 0.376 e. The summed E-state index contributed by atoms with van der Waals surface area (Å²) in [6, 6.07) is 17.6. The molecular weight excluding hydrogens is 368 g/mol. The second-order valence-electron chi connectivity index (χ2n) is 5.64. The molecule has 0 aromatic heterocycles. The van der Waals surface area contributed by atoms with Crippen LogP contribution in [0.4, 0.5) is 11.4 Å². The van der Waals surface area contributed by atoms with E-state index in [2.05, 4.69) is 15.8 Å². The van der Waals surface area contributed by atoms with Crippen LogP contribution in [0.15, 0.2) is 65.8 Å². The number of hydrazone groups is 1. The molecule has 2 N–H and O–H groups in total. The zero-order valence-corrected chi connectivity index (χ0v) is 14.8. The number of hydrogen-bond donors (Lipinski definition) is 2. The Morgan fingerprint density at radius 1 is 1.15 bits per heavy atom. The minimum absolute atomic E-state index is 0.0218. The minimum atomic E-state index is -0.527. The van der Waals surface area contributed by atoms with Crippen molar-refractivity contribution in [3.63, 3.8) is 0 Å². The Balaban J connectivity index is 1.61. The molecule has 0 radical (unpaired) electrons. The van der Waals surface area contributed by atoms with Gasteiger partial charge in [-0.25, -0.2) is 5.43 Å². The highest BCUT2D eigenvalue weighted by atomic mass is 35.5. The summed E-state index contributed by atoms with van der Waals surface area (Å²) in [5, 5.41) is 20.1. The van der Waals surface area contributed by atoms with Crippen molar-refractivity contribution in [3.8, 4) is 0 Å². The highest BCUT2D eigenvalue weighted by molar-refractivity contribution is 6.33. The van der Waals surface area contributed by atoms with E-state index in [0.29, 0.717) is 10.6 Å². The van der Waals surface area contributed by atoms with Crippen LogP contribution in [0, 0.1) is 10.1 Å². The van der Waals surface area contributed by atoms with Crippen LogP contribution in [0.1, 0.15) is 5.56 Å². The van der Waals surface area contributed by atoms with Crippen molar-refractivity contribution in [1.82, 2.24) is 5.43 Å². The SMILES string of the molecule is O=C(CNc1cccc2ccccc12)N/N=C\c1cc([N+](=O)[O-])ccc1Cl. The summed E-state index contributed by atoms with van der Waals surface area (Å²) in [6.07, 6.45) is 1.27. The third kappa shape index (κ3) is 4.59. The van der Waals surface area contributed by atoms with Crippen molar-refractivity contribution < 1.29 is 9.72 Å². The second-order valence-corrected chi connectivity index (χ2v) is 6.04. The van der Waals surface area contributed by atoms with Gasteiger partial charge in [0.15, 0.2) is 0 Å². The second kappa shape index (κ2) is 8.29. The smallest absolute Gasteiger partial charge is 0.270 e.